The van der Waals surface area contributed by atoms with Crippen molar-refractivity contribution in [1.82, 2.24) is 9.78 Å². The van der Waals surface area contributed by atoms with Gasteiger partial charge in [0.25, 0.3) is 0 Å². The fraction of sp³-hybridized carbons (Fsp3) is 0.222. The van der Waals surface area contributed by atoms with Gasteiger partial charge in [0.15, 0.2) is 5.69 Å². The van der Waals surface area contributed by atoms with Gasteiger partial charge in [-0.15, -0.1) is 0 Å². The van der Waals surface area contributed by atoms with Gasteiger partial charge < -0.3 is 5.11 Å². The Labute approximate surface area is 128 Å². The second-order valence-electron chi connectivity index (χ2n) is 5.72. The molecular weight excluding hydrogens is 276 g/mol. The number of benzene rings is 2. The second kappa shape index (κ2) is 4.98. The maximum atomic E-state index is 11.8. The molecule has 0 bridgehead atoms. The van der Waals surface area contributed by atoms with Crippen LogP contribution >= 0.6 is 0 Å². The van der Waals surface area contributed by atoms with Crippen LogP contribution < -0.4 is 0 Å². The third kappa shape index (κ3) is 1.91. The molecule has 0 fully saturated rings. The number of aryl methyl sites for hydroxylation is 1. The standard InChI is InChI=1S/C18H16N2O2/c21-18(22)17-14-9-3-4-10-15(14)19-20(17)16-11-5-7-12-6-1-2-8-13(12)16/h1-4,6,8-10,16H,5,7,11H2,(H,21,22). The van der Waals surface area contributed by atoms with E-state index in [1.165, 1.54) is 11.1 Å². The zero-order valence-electron chi connectivity index (χ0n) is 12.1. The molecule has 1 unspecified atom stereocenters. The highest BCUT2D eigenvalue weighted by atomic mass is 16.4. The lowest BCUT2D eigenvalue weighted by Crippen LogP contribution is -2.21. The first kappa shape index (κ1) is 13.1. The van der Waals surface area contributed by atoms with Crippen molar-refractivity contribution < 1.29 is 9.90 Å². The first-order valence-corrected chi connectivity index (χ1v) is 7.54. The van der Waals surface area contributed by atoms with Crippen LogP contribution in [-0.4, -0.2) is 20.9 Å². The van der Waals surface area contributed by atoms with Crippen LogP contribution in [0.2, 0.25) is 0 Å². The number of carbonyl (C=O) groups is 1. The summed E-state index contributed by atoms with van der Waals surface area (Å²) in [5.74, 6) is -0.920. The summed E-state index contributed by atoms with van der Waals surface area (Å²) in [7, 11) is 0. The Bertz CT molecular complexity index is 866. The SMILES string of the molecule is O=C(O)c1c2ccccc2nn1C1CCCc2ccccc21. The zero-order chi connectivity index (χ0) is 15.1. The van der Waals surface area contributed by atoms with E-state index >= 15 is 0 Å². The van der Waals surface area contributed by atoms with Crippen molar-refractivity contribution >= 4 is 16.9 Å². The molecule has 4 nitrogen and oxygen atoms in total. The van der Waals surface area contributed by atoms with Crippen molar-refractivity contribution in [1.29, 1.82) is 0 Å². The van der Waals surface area contributed by atoms with E-state index in [2.05, 4.69) is 17.2 Å². The minimum Gasteiger partial charge on any atom is -0.477 e. The van der Waals surface area contributed by atoms with Gasteiger partial charge in [-0.1, -0.05) is 42.5 Å². The molecule has 3 aromatic rings. The first-order chi connectivity index (χ1) is 10.8. The van der Waals surface area contributed by atoms with E-state index in [4.69, 9.17) is 0 Å². The largest absolute Gasteiger partial charge is 0.477 e. The quantitative estimate of drug-likeness (QED) is 0.784. The van der Waals surface area contributed by atoms with Gasteiger partial charge in [0, 0.05) is 5.39 Å². The molecule has 1 aliphatic rings. The van der Waals surface area contributed by atoms with E-state index in [1.54, 1.807) is 4.68 Å². The van der Waals surface area contributed by atoms with Gasteiger partial charge in [0.05, 0.1) is 11.6 Å². The summed E-state index contributed by atoms with van der Waals surface area (Å²) in [6.07, 6.45) is 3.03. The highest BCUT2D eigenvalue weighted by molar-refractivity contribution is 6.01. The Balaban J connectivity index is 1.96. The summed E-state index contributed by atoms with van der Waals surface area (Å²) >= 11 is 0. The van der Waals surface area contributed by atoms with E-state index in [1.807, 2.05) is 36.4 Å². The van der Waals surface area contributed by atoms with E-state index in [0.717, 1.165) is 24.8 Å². The average molecular weight is 292 g/mol. The average Bonchev–Trinajstić information content (AvgIpc) is 2.93. The minimum atomic E-state index is -0.920. The molecule has 0 aliphatic heterocycles. The molecule has 4 rings (SSSR count). The van der Waals surface area contributed by atoms with Crippen LogP contribution in [0.3, 0.4) is 0 Å². The molecule has 0 saturated carbocycles. The molecule has 1 N–H and O–H groups in total. The van der Waals surface area contributed by atoms with Crippen molar-refractivity contribution in [3.05, 3.63) is 65.4 Å². The number of nitrogens with zero attached hydrogens (tertiary/aromatic N) is 2. The number of carboxylic acid groups (broad SMARTS) is 1. The fourth-order valence-corrected chi connectivity index (χ4v) is 3.47. The fourth-order valence-electron chi connectivity index (χ4n) is 3.47. The molecule has 1 atom stereocenters. The molecule has 110 valence electrons. The monoisotopic (exact) mass is 292 g/mol. The summed E-state index contributed by atoms with van der Waals surface area (Å²) in [5.41, 5.74) is 3.53. The van der Waals surface area contributed by atoms with Crippen LogP contribution in [0.15, 0.2) is 48.5 Å². The summed E-state index contributed by atoms with van der Waals surface area (Å²) < 4.78 is 1.71. The van der Waals surface area contributed by atoms with Gasteiger partial charge in [0.1, 0.15) is 0 Å². The van der Waals surface area contributed by atoms with Crippen molar-refractivity contribution in [3.8, 4) is 0 Å². The van der Waals surface area contributed by atoms with Crippen LogP contribution in [0.4, 0.5) is 0 Å². The van der Waals surface area contributed by atoms with Crippen molar-refractivity contribution in [2.75, 3.05) is 0 Å². The minimum absolute atomic E-state index is 0.00319. The lowest BCUT2D eigenvalue weighted by Gasteiger charge is -2.26. The van der Waals surface area contributed by atoms with Crippen LogP contribution in [-0.2, 0) is 6.42 Å². The van der Waals surface area contributed by atoms with Crippen molar-refractivity contribution in [2.45, 2.75) is 25.3 Å². The number of hydrogen-bond donors (Lipinski definition) is 1. The van der Waals surface area contributed by atoms with Gasteiger partial charge in [-0.3, -0.25) is 0 Å². The highest BCUT2D eigenvalue weighted by Crippen LogP contribution is 2.34. The highest BCUT2D eigenvalue weighted by Gasteiger charge is 2.27. The van der Waals surface area contributed by atoms with E-state index in [0.29, 0.717) is 5.39 Å². The molecular formula is C18H16N2O2. The third-order valence-electron chi connectivity index (χ3n) is 4.44. The van der Waals surface area contributed by atoms with Crippen LogP contribution in [0.1, 0.15) is 40.5 Å². The maximum Gasteiger partial charge on any atom is 0.354 e. The van der Waals surface area contributed by atoms with Gasteiger partial charge in [-0.25, -0.2) is 9.48 Å². The molecule has 1 aliphatic carbocycles. The van der Waals surface area contributed by atoms with Gasteiger partial charge in [-0.05, 0) is 36.5 Å². The summed E-state index contributed by atoms with van der Waals surface area (Å²) in [5, 5.41) is 15.0. The number of fused-ring (bicyclic) bond motifs is 2. The van der Waals surface area contributed by atoms with Gasteiger partial charge >= 0.3 is 5.97 Å². The van der Waals surface area contributed by atoms with Crippen molar-refractivity contribution in [3.63, 3.8) is 0 Å². The van der Waals surface area contributed by atoms with Crippen LogP contribution in [0, 0.1) is 0 Å². The Morgan fingerprint density at radius 1 is 1.14 bits per heavy atom. The first-order valence-electron chi connectivity index (χ1n) is 7.54. The van der Waals surface area contributed by atoms with Crippen LogP contribution in [0.5, 0.6) is 0 Å². The number of rotatable bonds is 2. The van der Waals surface area contributed by atoms with Gasteiger partial charge in [-0.2, -0.15) is 5.10 Å². The van der Waals surface area contributed by atoms with Crippen molar-refractivity contribution in [2.24, 2.45) is 0 Å². The Kier molecular flexibility index (Phi) is 2.96. The molecule has 1 aromatic heterocycles. The molecule has 4 heteroatoms. The molecule has 0 amide bonds. The summed E-state index contributed by atoms with van der Waals surface area (Å²) in [6, 6.07) is 15.7. The Morgan fingerprint density at radius 2 is 1.91 bits per heavy atom. The van der Waals surface area contributed by atoms with E-state index in [9.17, 15) is 9.90 Å². The molecule has 0 saturated heterocycles. The third-order valence-corrected chi connectivity index (χ3v) is 4.44. The predicted octanol–water partition coefficient (Wildman–Crippen LogP) is 3.66. The summed E-state index contributed by atoms with van der Waals surface area (Å²) in [6.45, 7) is 0. The number of aromatic carboxylic acids is 1. The maximum absolute atomic E-state index is 11.8. The lowest BCUT2D eigenvalue weighted by molar-refractivity contribution is 0.0683. The summed E-state index contributed by atoms with van der Waals surface area (Å²) in [4.78, 5) is 11.8. The molecule has 1 heterocycles. The lowest BCUT2D eigenvalue weighted by atomic mass is 9.87. The molecule has 0 spiro atoms. The molecule has 0 radical (unpaired) electrons. The normalized spacial score (nSPS) is 17.4. The zero-order valence-corrected chi connectivity index (χ0v) is 12.1. The number of hydrogen-bond acceptors (Lipinski definition) is 2. The predicted molar refractivity (Wildman–Crippen MR) is 84.2 cm³/mol. The Morgan fingerprint density at radius 3 is 2.77 bits per heavy atom. The molecule has 22 heavy (non-hydrogen) atoms. The van der Waals surface area contributed by atoms with Gasteiger partial charge in [0.2, 0.25) is 0 Å². The topological polar surface area (TPSA) is 55.1 Å². The second-order valence-corrected chi connectivity index (χ2v) is 5.72. The number of carboxylic acids is 1. The van der Waals surface area contributed by atoms with Crippen LogP contribution in [0.25, 0.3) is 10.9 Å². The Hall–Kier alpha value is -2.62. The van der Waals surface area contributed by atoms with E-state index in [-0.39, 0.29) is 11.7 Å². The van der Waals surface area contributed by atoms with E-state index < -0.39 is 5.97 Å². The number of aromatic nitrogens is 2. The smallest absolute Gasteiger partial charge is 0.354 e. The molecule has 2 aromatic carbocycles.